The number of hydrogen-bond acceptors (Lipinski definition) is 5. The molecule has 0 fully saturated rings. The summed E-state index contributed by atoms with van der Waals surface area (Å²) < 4.78 is 34.6. The van der Waals surface area contributed by atoms with Gasteiger partial charge in [0, 0.05) is 0 Å². The standard InChI is InChI=1S/C16H20O5S/c1-3-5-15(21-12-11-17)6-4-13-22(18,19)16-9-7-14(20-2)8-10-16/h3-10,17H,1,11-13H2,2H3/b6-4-,15-5+. The van der Waals surface area contributed by atoms with E-state index >= 15 is 0 Å². The minimum atomic E-state index is -3.42. The number of ether oxygens (including phenoxy) is 2. The lowest BCUT2D eigenvalue weighted by Gasteiger charge is -2.05. The first kappa shape index (κ1) is 18.0. The maximum absolute atomic E-state index is 12.2. The Hall–Kier alpha value is -2.05. The van der Waals surface area contributed by atoms with Crippen LogP contribution in [0.4, 0.5) is 0 Å². The van der Waals surface area contributed by atoms with Gasteiger partial charge in [0.15, 0.2) is 9.84 Å². The van der Waals surface area contributed by atoms with Crippen LogP contribution in [0.2, 0.25) is 0 Å². The van der Waals surface area contributed by atoms with Gasteiger partial charge in [0.05, 0.1) is 24.4 Å². The first-order chi connectivity index (χ1) is 10.5. The lowest BCUT2D eigenvalue weighted by molar-refractivity contribution is 0.152. The number of hydrogen-bond donors (Lipinski definition) is 1. The van der Waals surface area contributed by atoms with Crippen molar-refractivity contribution in [2.24, 2.45) is 0 Å². The van der Waals surface area contributed by atoms with Gasteiger partial charge in [0.2, 0.25) is 0 Å². The number of benzene rings is 1. The van der Waals surface area contributed by atoms with Crippen molar-refractivity contribution in [2.75, 3.05) is 26.1 Å². The maximum Gasteiger partial charge on any atom is 0.181 e. The van der Waals surface area contributed by atoms with Crippen LogP contribution in [0, 0.1) is 0 Å². The third-order valence-corrected chi connectivity index (χ3v) is 4.28. The summed E-state index contributed by atoms with van der Waals surface area (Å²) in [5, 5.41) is 8.72. The number of allylic oxidation sites excluding steroid dienone is 3. The normalized spacial score (nSPS) is 12.4. The Kier molecular flexibility index (Phi) is 7.42. The van der Waals surface area contributed by atoms with Crippen molar-refractivity contribution in [2.45, 2.75) is 4.90 Å². The molecule has 1 rings (SSSR count). The Bertz CT molecular complexity index is 627. The summed E-state index contributed by atoms with van der Waals surface area (Å²) in [5.41, 5.74) is 0. The molecule has 1 N–H and O–H groups in total. The molecule has 6 heteroatoms. The highest BCUT2D eigenvalue weighted by atomic mass is 32.2. The molecule has 1 aromatic rings. The van der Waals surface area contributed by atoms with Crippen LogP contribution in [-0.2, 0) is 14.6 Å². The number of rotatable bonds is 9. The molecular weight excluding hydrogens is 304 g/mol. The molecule has 0 amide bonds. The van der Waals surface area contributed by atoms with Gasteiger partial charge in [0.1, 0.15) is 18.1 Å². The number of aliphatic hydroxyl groups is 1. The third kappa shape index (κ3) is 5.75. The molecule has 0 saturated carbocycles. The fourth-order valence-corrected chi connectivity index (χ4v) is 2.69. The van der Waals surface area contributed by atoms with E-state index < -0.39 is 9.84 Å². The molecule has 0 heterocycles. The first-order valence-electron chi connectivity index (χ1n) is 6.63. The summed E-state index contributed by atoms with van der Waals surface area (Å²) in [5.74, 6) is 0.883. The predicted molar refractivity (Wildman–Crippen MR) is 85.5 cm³/mol. The average molecular weight is 324 g/mol. The van der Waals surface area contributed by atoms with E-state index in [-0.39, 0.29) is 23.9 Å². The summed E-state index contributed by atoms with van der Waals surface area (Å²) in [6, 6.07) is 6.21. The molecule has 0 unspecified atom stereocenters. The molecule has 0 aliphatic carbocycles. The smallest absolute Gasteiger partial charge is 0.181 e. The highest BCUT2D eigenvalue weighted by Gasteiger charge is 2.12. The minimum Gasteiger partial charge on any atom is -0.497 e. The zero-order valence-corrected chi connectivity index (χ0v) is 13.3. The Morgan fingerprint density at radius 3 is 2.55 bits per heavy atom. The van der Waals surface area contributed by atoms with Gasteiger partial charge in [-0.3, -0.25) is 0 Å². The van der Waals surface area contributed by atoms with Crippen LogP contribution in [0.5, 0.6) is 5.75 Å². The largest absolute Gasteiger partial charge is 0.497 e. The van der Waals surface area contributed by atoms with Crippen molar-refractivity contribution < 1.29 is 23.0 Å². The van der Waals surface area contributed by atoms with Gasteiger partial charge in [-0.2, -0.15) is 0 Å². The lowest BCUT2D eigenvalue weighted by atomic mass is 10.3. The van der Waals surface area contributed by atoms with E-state index in [1.54, 1.807) is 24.3 Å². The molecule has 0 atom stereocenters. The van der Waals surface area contributed by atoms with E-state index in [0.29, 0.717) is 11.5 Å². The van der Waals surface area contributed by atoms with Crippen LogP contribution in [0.25, 0.3) is 0 Å². The lowest BCUT2D eigenvalue weighted by Crippen LogP contribution is -2.05. The van der Waals surface area contributed by atoms with E-state index in [1.165, 1.54) is 31.4 Å². The van der Waals surface area contributed by atoms with Crippen molar-refractivity contribution >= 4 is 9.84 Å². The molecular formula is C16H20O5S. The third-order valence-electron chi connectivity index (χ3n) is 2.66. The topological polar surface area (TPSA) is 72.8 Å². The van der Waals surface area contributed by atoms with Crippen LogP contribution in [-0.4, -0.2) is 39.6 Å². The quantitative estimate of drug-likeness (QED) is 0.556. The molecule has 120 valence electrons. The fourth-order valence-electron chi connectivity index (χ4n) is 1.60. The van der Waals surface area contributed by atoms with E-state index in [2.05, 4.69) is 6.58 Å². The van der Waals surface area contributed by atoms with Gasteiger partial charge in [-0.1, -0.05) is 18.7 Å². The second-order valence-corrected chi connectivity index (χ2v) is 6.27. The van der Waals surface area contributed by atoms with Crippen molar-refractivity contribution in [1.29, 1.82) is 0 Å². The molecule has 0 saturated heterocycles. The molecule has 0 spiro atoms. The summed E-state index contributed by atoms with van der Waals surface area (Å²) in [6.45, 7) is 3.56. The molecule has 0 aliphatic heterocycles. The van der Waals surface area contributed by atoms with Crippen molar-refractivity contribution in [3.8, 4) is 5.75 Å². The second kappa shape index (κ2) is 9.07. The zero-order valence-electron chi connectivity index (χ0n) is 12.4. The Morgan fingerprint density at radius 1 is 1.32 bits per heavy atom. The molecule has 0 aliphatic rings. The van der Waals surface area contributed by atoms with Crippen molar-refractivity contribution in [1.82, 2.24) is 0 Å². The van der Waals surface area contributed by atoms with Gasteiger partial charge < -0.3 is 14.6 Å². The van der Waals surface area contributed by atoms with Gasteiger partial charge >= 0.3 is 0 Å². The van der Waals surface area contributed by atoms with Crippen molar-refractivity contribution in [3.05, 3.63) is 60.9 Å². The van der Waals surface area contributed by atoms with Crippen molar-refractivity contribution in [3.63, 3.8) is 0 Å². The van der Waals surface area contributed by atoms with Crippen LogP contribution in [0.15, 0.2) is 65.8 Å². The van der Waals surface area contributed by atoms with E-state index in [9.17, 15) is 8.42 Å². The molecule has 0 bridgehead atoms. The summed E-state index contributed by atoms with van der Waals surface area (Å²) >= 11 is 0. The van der Waals surface area contributed by atoms with E-state index in [1.807, 2.05) is 0 Å². The second-order valence-electron chi connectivity index (χ2n) is 4.24. The first-order valence-corrected chi connectivity index (χ1v) is 8.28. The van der Waals surface area contributed by atoms with Crippen LogP contribution < -0.4 is 4.74 Å². The monoisotopic (exact) mass is 324 g/mol. The Balaban J connectivity index is 2.76. The zero-order chi connectivity index (χ0) is 16.4. The molecule has 22 heavy (non-hydrogen) atoms. The molecule has 0 aromatic heterocycles. The summed E-state index contributed by atoms with van der Waals surface area (Å²) in [7, 11) is -1.90. The van der Waals surface area contributed by atoms with Gasteiger partial charge in [-0.05, 0) is 36.4 Å². The van der Waals surface area contributed by atoms with Gasteiger partial charge in [-0.25, -0.2) is 8.42 Å². The Morgan fingerprint density at radius 2 is 2.00 bits per heavy atom. The fraction of sp³-hybridized carbons (Fsp3) is 0.250. The number of aliphatic hydroxyl groups excluding tert-OH is 1. The highest BCUT2D eigenvalue weighted by molar-refractivity contribution is 7.91. The summed E-state index contributed by atoms with van der Waals surface area (Å²) in [4.78, 5) is 0.225. The van der Waals surface area contributed by atoms with E-state index in [0.717, 1.165) is 0 Å². The van der Waals surface area contributed by atoms with Crippen LogP contribution >= 0.6 is 0 Å². The SMILES string of the molecule is C=C/C=C(\C=C/CS(=O)(=O)c1ccc(OC)cc1)OCCO. The number of sulfone groups is 1. The molecule has 1 aromatic carbocycles. The highest BCUT2D eigenvalue weighted by Crippen LogP contribution is 2.17. The molecule has 0 radical (unpaired) electrons. The maximum atomic E-state index is 12.2. The van der Waals surface area contributed by atoms with Gasteiger partial charge in [-0.15, -0.1) is 0 Å². The van der Waals surface area contributed by atoms with Crippen LogP contribution in [0.1, 0.15) is 0 Å². The number of methoxy groups -OCH3 is 1. The van der Waals surface area contributed by atoms with Crippen LogP contribution in [0.3, 0.4) is 0 Å². The predicted octanol–water partition coefficient (Wildman–Crippen LogP) is 2.10. The minimum absolute atomic E-state index is 0.119. The average Bonchev–Trinajstić information content (AvgIpc) is 2.52. The summed E-state index contributed by atoms with van der Waals surface area (Å²) in [6.07, 6.45) is 6.14. The molecule has 5 nitrogen and oxygen atoms in total. The Labute approximate surface area is 131 Å². The van der Waals surface area contributed by atoms with E-state index in [4.69, 9.17) is 14.6 Å². The van der Waals surface area contributed by atoms with Gasteiger partial charge in [0.25, 0.3) is 0 Å².